The van der Waals surface area contributed by atoms with Crippen molar-refractivity contribution in [3.05, 3.63) is 23.1 Å². The predicted molar refractivity (Wildman–Crippen MR) is 56.7 cm³/mol. The second-order valence-electron chi connectivity index (χ2n) is 2.96. The van der Waals surface area contributed by atoms with Crippen molar-refractivity contribution in [2.75, 3.05) is 5.75 Å². The molecule has 1 heterocycles. The monoisotopic (exact) mass is 234 g/mol. The van der Waals surface area contributed by atoms with Crippen molar-refractivity contribution in [1.82, 2.24) is 0 Å². The van der Waals surface area contributed by atoms with Gasteiger partial charge in [0, 0.05) is 5.75 Å². The molecule has 0 aliphatic rings. The molecule has 0 spiro atoms. The Morgan fingerprint density at radius 1 is 1.71 bits per heavy atom. The van der Waals surface area contributed by atoms with Crippen LogP contribution in [0.15, 0.2) is 16.5 Å². The molecule has 0 amide bonds. The van der Waals surface area contributed by atoms with Crippen molar-refractivity contribution in [3.8, 4) is 0 Å². The highest BCUT2D eigenvalue weighted by Crippen LogP contribution is 2.20. The van der Waals surface area contributed by atoms with Gasteiger partial charge in [0.2, 0.25) is 0 Å². The number of carboxylic acid groups (broad SMARTS) is 1. The van der Waals surface area contributed by atoms with E-state index >= 15 is 0 Å². The van der Waals surface area contributed by atoms with Crippen LogP contribution in [-0.2, 0) is 10.5 Å². The first-order valence-electron chi connectivity index (χ1n) is 4.14. The highest BCUT2D eigenvalue weighted by atomic mass is 35.5. The van der Waals surface area contributed by atoms with Crippen molar-refractivity contribution in [3.63, 3.8) is 0 Å². The number of carboxylic acids is 1. The molecule has 5 heteroatoms. The Labute approximate surface area is 91.4 Å². The molecular formula is C9H11ClO3S. The van der Waals surface area contributed by atoms with Gasteiger partial charge in [-0.05, 0) is 23.7 Å². The number of halogens is 1. The number of thioether (sulfide) groups is 1. The van der Waals surface area contributed by atoms with Gasteiger partial charge < -0.3 is 9.52 Å². The van der Waals surface area contributed by atoms with Gasteiger partial charge in [-0.2, -0.15) is 11.8 Å². The molecule has 1 atom stereocenters. The van der Waals surface area contributed by atoms with E-state index in [1.165, 1.54) is 11.8 Å². The van der Waals surface area contributed by atoms with Gasteiger partial charge in [-0.25, -0.2) is 0 Å². The van der Waals surface area contributed by atoms with E-state index in [4.69, 9.17) is 21.1 Å². The van der Waals surface area contributed by atoms with Gasteiger partial charge >= 0.3 is 5.97 Å². The zero-order chi connectivity index (χ0) is 10.6. The number of hydrogen-bond acceptors (Lipinski definition) is 3. The quantitative estimate of drug-likeness (QED) is 0.851. The molecule has 3 nitrogen and oxygen atoms in total. The van der Waals surface area contributed by atoms with E-state index in [1.54, 1.807) is 19.1 Å². The average molecular weight is 235 g/mol. The smallest absolute Gasteiger partial charge is 0.307 e. The predicted octanol–water partition coefficient (Wildman–Crippen LogP) is 2.89. The summed E-state index contributed by atoms with van der Waals surface area (Å²) >= 11 is 7.11. The molecule has 0 fully saturated rings. The van der Waals surface area contributed by atoms with Crippen LogP contribution in [-0.4, -0.2) is 16.8 Å². The minimum atomic E-state index is -0.769. The van der Waals surface area contributed by atoms with E-state index in [-0.39, 0.29) is 5.92 Å². The molecule has 0 bridgehead atoms. The Bertz CT molecular complexity index is 311. The van der Waals surface area contributed by atoms with E-state index in [0.29, 0.717) is 16.7 Å². The van der Waals surface area contributed by atoms with Gasteiger partial charge in [0.25, 0.3) is 0 Å². The zero-order valence-corrected chi connectivity index (χ0v) is 9.27. The van der Waals surface area contributed by atoms with Crippen molar-refractivity contribution in [2.45, 2.75) is 12.7 Å². The highest BCUT2D eigenvalue weighted by molar-refractivity contribution is 7.98. The van der Waals surface area contributed by atoms with E-state index in [9.17, 15) is 4.79 Å². The summed E-state index contributed by atoms with van der Waals surface area (Å²) in [7, 11) is 0. The van der Waals surface area contributed by atoms with Gasteiger partial charge in [0.05, 0.1) is 11.7 Å². The summed E-state index contributed by atoms with van der Waals surface area (Å²) in [5.74, 6) is 0.913. The molecule has 0 saturated carbocycles. The summed E-state index contributed by atoms with van der Waals surface area (Å²) in [5.41, 5.74) is 0. The Balaban J connectivity index is 2.25. The van der Waals surface area contributed by atoms with Crippen LogP contribution in [0.5, 0.6) is 0 Å². The number of rotatable bonds is 5. The third-order valence-electron chi connectivity index (χ3n) is 1.66. The first-order chi connectivity index (χ1) is 6.59. The third kappa shape index (κ3) is 3.64. The molecule has 1 unspecified atom stereocenters. The van der Waals surface area contributed by atoms with Crippen LogP contribution in [0.1, 0.15) is 12.7 Å². The molecular weight excluding hydrogens is 224 g/mol. The summed E-state index contributed by atoms with van der Waals surface area (Å²) < 4.78 is 5.12. The van der Waals surface area contributed by atoms with Gasteiger partial charge in [-0.3, -0.25) is 4.79 Å². The van der Waals surface area contributed by atoms with Crippen molar-refractivity contribution >= 4 is 29.3 Å². The molecule has 0 aliphatic heterocycles. The lowest BCUT2D eigenvalue weighted by Crippen LogP contribution is -2.11. The van der Waals surface area contributed by atoms with Crippen LogP contribution in [0.3, 0.4) is 0 Å². The van der Waals surface area contributed by atoms with Crippen molar-refractivity contribution < 1.29 is 14.3 Å². The fraction of sp³-hybridized carbons (Fsp3) is 0.444. The van der Waals surface area contributed by atoms with E-state index in [0.717, 1.165) is 5.76 Å². The number of carbonyl (C=O) groups is 1. The van der Waals surface area contributed by atoms with Crippen LogP contribution >= 0.6 is 23.4 Å². The maximum absolute atomic E-state index is 10.5. The molecule has 1 aromatic rings. The van der Waals surface area contributed by atoms with Gasteiger partial charge in [-0.15, -0.1) is 0 Å². The Morgan fingerprint density at radius 2 is 2.43 bits per heavy atom. The molecule has 78 valence electrons. The standard InChI is InChI=1S/C9H11ClO3S/c1-6(9(11)12)4-14-5-7-2-3-8(10)13-7/h2-3,6H,4-5H2,1H3,(H,11,12). The fourth-order valence-corrected chi connectivity index (χ4v) is 1.97. The molecule has 0 aliphatic carbocycles. The van der Waals surface area contributed by atoms with Gasteiger partial charge in [0.15, 0.2) is 5.22 Å². The second-order valence-corrected chi connectivity index (χ2v) is 4.36. The number of hydrogen-bond donors (Lipinski definition) is 1. The summed E-state index contributed by atoms with van der Waals surface area (Å²) in [6, 6.07) is 3.47. The highest BCUT2D eigenvalue weighted by Gasteiger charge is 2.10. The number of furan rings is 1. The maximum atomic E-state index is 10.5. The molecule has 14 heavy (non-hydrogen) atoms. The summed E-state index contributed by atoms with van der Waals surface area (Å²) in [4.78, 5) is 10.5. The molecule has 1 N–H and O–H groups in total. The largest absolute Gasteiger partial charge is 0.481 e. The van der Waals surface area contributed by atoms with Gasteiger partial charge in [-0.1, -0.05) is 6.92 Å². The van der Waals surface area contributed by atoms with Crippen LogP contribution in [0, 0.1) is 5.92 Å². The molecule has 0 aromatic carbocycles. The van der Waals surface area contributed by atoms with Crippen LogP contribution in [0.25, 0.3) is 0 Å². The lowest BCUT2D eigenvalue weighted by Gasteiger charge is -2.03. The van der Waals surface area contributed by atoms with Crippen LogP contribution < -0.4 is 0 Å². The minimum Gasteiger partial charge on any atom is -0.481 e. The lowest BCUT2D eigenvalue weighted by atomic mass is 10.2. The normalized spacial score (nSPS) is 12.7. The Kier molecular flexibility index (Phi) is 4.35. The summed E-state index contributed by atoms with van der Waals surface area (Å²) in [6.45, 7) is 1.68. The zero-order valence-electron chi connectivity index (χ0n) is 7.70. The Morgan fingerprint density at radius 3 is 2.93 bits per heavy atom. The van der Waals surface area contributed by atoms with E-state index in [1.807, 2.05) is 0 Å². The average Bonchev–Trinajstić information content (AvgIpc) is 2.51. The SMILES string of the molecule is CC(CSCc1ccc(Cl)o1)C(=O)O. The summed E-state index contributed by atoms with van der Waals surface area (Å²) in [6.07, 6.45) is 0. The minimum absolute atomic E-state index is 0.328. The van der Waals surface area contributed by atoms with Crippen molar-refractivity contribution in [2.24, 2.45) is 5.92 Å². The second kappa shape index (κ2) is 5.32. The van der Waals surface area contributed by atoms with E-state index in [2.05, 4.69) is 0 Å². The molecule has 1 aromatic heterocycles. The number of aliphatic carboxylic acids is 1. The molecule has 0 saturated heterocycles. The van der Waals surface area contributed by atoms with Gasteiger partial charge in [0.1, 0.15) is 5.76 Å². The molecule has 0 radical (unpaired) electrons. The van der Waals surface area contributed by atoms with Crippen LogP contribution in [0.2, 0.25) is 5.22 Å². The Hall–Kier alpha value is -0.610. The van der Waals surface area contributed by atoms with Crippen LogP contribution in [0.4, 0.5) is 0 Å². The van der Waals surface area contributed by atoms with E-state index < -0.39 is 5.97 Å². The first kappa shape index (κ1) is 11.5. The third-order valence-corrected chi connectivity index (χ3v) is 3.09. The summed E-state index contributed by atoms with van der Waals surface area (Å²) in [5, 5.41) is 8.99. The maximum Gasteiger partial charge on any atom is 0.307 e. The lowest BCUT2D eigenvalue weighted by molar-refractivity contribution is -0.140. The molecule has 1 rings (SSSR count). The fourth-order valence-electron chi connectivity index (χ4n) is 0.837. The van der Waals surface area contributed by atoms with Crippen molar-refractivity contribution in [1.29, 1.82) is 0 Å². The topological polar surface area (TPSA) is 50.4 Å². The first-order valence-corrected chi connectivity index (χ1v) is 5.67.